The van der Waals surface area contributed by atoms with Gasteiger partial charge < -0.3 is 16.2 Å². The Morgan fingerprint density at radius 2 is 2.12 bits per heavy atom. The molecule has 0 aliphatic carbocycles. The Bertz CT molecular complexity index is 189. The molecule has 0 aromatic carbocycles. The maximum absolute atomic E-state index is 11.5. The summed E-state index contributed by atoms with van der Waals surface area (Å²) in [6.07, 6.45) is 1.54. The highest BCUT2D eigenvalue weighted by molar-refractivity contribution is 7.99. The molecule has 0 saturated carbocycles. The van der Waals surface area contributed by atoms with Crippen LogP contribution in [0.5, 0.6) is 0 Å². The van der Waals surface area contributed by atoms with Crippen LogP contribution in [0, 0.1) is 5.92 Å². The number of carbonyl (C=O) groups excluding carboxylic acids is 1. The number of thioether (sulfide) groups is 1. The van der Waals surface area contributed by atoms with E-state index in [-0.39, 0.29) is 18.6 Å². The molecule has 0 fully saturated rings. The second kappa shape index (κ2) is 9.93. The largest absolute Gasteiger partial charge is 0.396 e. The Hall–Kier alpha value is -0.260. The first-order valence-corrected chi connectivity index (χ1v) is 6.95. The maximum Gasteiger partial charge on any atom is 0.236 e. The van der Waals surface area contributed by atoms with Crippen LogP contribution >= 0.6 is 11.8 Å². The van der Waals surface area contributed by atoms with Crippen molar-refractivity contribution in [1.82, 2.24) is 5.32 Å². The normalized spacial score (nSPS) is 12.8. The molecule has 1 amide bonds. The molecule has 0 unspecified atom stereocenters. The van der Waals surface area contributed by atoms with Crippen LogP contribution in [0.25, 0.3) is 0 Å². The Balaban J connectivity index is 3.42. The third-order valence-corrected chi connectivity index (χ3v) is 3.12. The van der Waals surface area contributed by atoms with Gasteiger partial charge in [-0.05, 0) is 24.5 Å². The number of aliphatic hydroxyl groups is 1. The topological polar surface area (TPSA) is 75.4 Å². The molecule has 0 radical (unpaired) electrons. The molecular formula is C11H24N2O2S. The molecule has 0 aromatic rings. The van der Waals surface area contributed by atoms with Crippen molar-refractivity contribution in [3.05, 3.63) is 0 Å². The van der Waals surface area contributed by atoms with Crippen LogP contribution in [0.15, 0.2) is 0 Å². The Morgan fingerprint density at radius 3 is 2.69 bits per heavy atom. The summed E-state index contributed by atoms with van der Waals surface area (Å²) in [6.45, 7) is 5.00. The molecule has 4 nitrogen and oxygen atoms in total. The summed E-state index contributed by atoms with van der Waals surface area (Å²) in [5.74, 6) is 2.20. The van der Waals surface area contributed by atoms with E-state index in [4.69, 9.17) is 10.8 Å². The van der Waals surface area contributed by atoms with Crippen LogP contribution in [0.2, 0.25) is 0 Å². The number of aliphatic hydroxyl groups excluding tert-OH is 1. The standard InChI is InChI=1S/C11H24N2O2S/c1-9(2)8-10(12)11(15)13-4-7-16-6-3-5-14/h9-10,14H,3-8,12H2,1-2H3,(H,13,15)/t10-/m0/s1. The SMILES string of the molecule is CC(C)C[C@H](N)C(=O)NCCSCCCO. The van der Waals surface area contributed by atoms with Crippen LogP contribution in [0.1, 0.15) is 26.7 Å². The predicted octanol–water partition coefficient (Wildman–Crippen LogP) is 0.592. The maximum atomic E-state index is 11.5. The summed E-state index contributed by atoms with van der Waals surface area (Å²) >= 11 is 1.73. The van der Waals surface area contributed by atoms with Gasteiger partial charge in [-0.25, -0.2) is 0 Å². The van der Waals surface area contributed by atoms with Crippen molar-refractivity contribution in [2.45, 2.75) is 32.7 Å². The van der Waals surface area contributed by atoms with Crippen molar-refractivity contribution >= 4 is 17.7 Å². The highest BCUT2D eigenvalue weighted by atomic mass is 32.2. The first kappa shape index (κ1) is 15.7. The lowest BCUT2D eigenvalue weighted by molar-refractivity contribution is -0.122. The van der Waals surface area contributed by atoms with E-state index in [2.05, 4.69) is 19.2 Å². The van der Waals surface area contributed by atoms with Crippen molar-refractivity contribution in [1.29, 1.82) is 0 Å². The smallest absolute Gasteiger partial charge is 0.236 e. The summed E-state index contributed by atoms with van der Waals surface area (Å²) in [4.78, 5) is 11.5. The van der Waals surface area contributed by atoms with E-state index in [0.29, 0.717) is 12.5 Å². The van der Waals surface area contributed by atoms with Gasteiger partial charge in [-0.1, -0.05) is 13.8 Å². The van der Waals surface area contributed by atoms with Crippen molar-refractivity contribution in [2.75, 3.05) is 24.7 Å². The fourth-order valence-corrected chi connectivity index (χ4v) is 2.04. The van der Waals surface area contributed by atoms with Gasteiger partial charge in [0.15, 0.2) is 0 Å². The third kappa shape index (κ3) is 9.00. The van der Waals surface area contributed by atoms with Crippen molar-refractivity contribution in [2.24, 2.45) is 11.7 Å². The Morgan fingerprint density at radius 1 is 1.44 bits per heavy atom. The molecule has 16 heavy (non-hydrogen) atoms. The molecular weight excluding hydrogens is 224 g/mol. The zero-order valence-electron chi connectivity index (χ0n) is 10.2. The molecule has 96 valence electrons. The molecule has 0 aliphatic heterocycles. The van der Waals surface area contributed by atoms with E-state index >= 15 is 0 Å². The molecule has 0 aliphatic rings. The molecule has 4 N–H and O–H groups in total. The van der Waals surface area contributed by atoms with Gasteiger partial charge in [0.25, 0.3) is 0 Å². The molecule has 0 bridgehead atoms. The fourth-order valence-electron chi connectivity index (χ4n) is 1.26. The van der Waals surface area contributed by atoms with Crippen molar-refractivity contribution in [3.63, 3.8) is 0 Å². The van der Waals surface area contributed by atoms with E-state index in [1.54, 1.807) is 11.8 Å². The quantitative estimate of drug-likeness (QED) is 0.522. The summed E-state index contributed by atoms with van der Waals surface area (Å²) in [5, 5.41) is 11.4. The lowest BCUT2D eigenvalue weighted by atomic mass is 10.0. The lowest BCUT2D eigenvalue weighted by Crippen LogP contribution is -2.42. The van der Waals surface area contributed by atoms with Gasteiger partial charge in [-0.15, -0.1) is 0 Å². The van der Waals surface area contributed by atoms with Crippen LogP contribution in [-0.4, -0.2) is 41.7 Å². The molecule has 1 atom stereocenters. The molecule has 0 aromatic heterocycles. The zero-order valence-corrected chi connectivity index (χ0v) is 11.1. The number of nitrogens with two attached hydrogens (primary N) is 1. The minimum absolute atomic E-state index is 0.0588. The summed E-state index contributed by atoms with van der Waals surface area (Å²) in [5.41, 5.74) is 5.73. The van der Waals surface area contributed by atoms with E-state index in [1.807, 2.05) is 0 Å². The highest BCUT2D eigenvalue weighted by Crippen LogP contribution is 2.03. The lowest BCUT2D eigenvalue weighted by Gasteiger charge is -2.13. The molecule has 0 rings (SSSR count). The minimum Gasteiger partial charge on any atom is -0.396 e. The first-order valence-electron chi connectivity index (χ1n) is 5.79. The molecule has 5 heteroatoms. The second-order valence-electron chi connectivity index (χ2n) is 4.22. The number of nitrogens with one attached hydrogen (secondary N) is 1. The second-order valence-corrected chi connectivity index (χ2v) is 5.44. The predicted molar refractivity (Wildman–Crippen MR) is 69.5 cm³/mol. The number of hydrogen-bond donors (Lipinski definition) is 3. The van der Waals surface area contributed by atoms with E-state index in [9.17, 15) is 4.79 Å². The van der Waals surface area contributed by atoms with Gasteiger partial charge in [-0.3, -0.25) is 4.79 Å². The summed E-state index contributed by atoms with van der Waals surface area (Å²) in [6, 6.07) is -0.387. The van der Waals surface area contributed by atoms with Crippen LogP contribution in [0.3, 0.4) is 0 Å². The van der Waals surface area contributed by atoms with Gasteiger partial charge in [0.05, 0.1) is 6.04 Å². The highest BCUT2D eigenvalue weighted by Gasteiger charge is 2.13. The van der Waals surface area contributed by atoms with E-state index < -0.39 is 0 Å². The van der Waals surface area contributed by atoms with Crippen molar-refractivity contribution in [3.8, 4) is 0 Å². The van der Waals surface area contributed by atoms with Crippen LogP contribution in [0.4, 0.5) is 0 Å². The monoisotopic (exact) mass is 248 g/mol. The van der Waals surface area contributed by atoms with Gasteiger partial charge in [0, 0.05) is 18.9 Å². The van der Waals surface area contributed by atoms with Gasteiger partial charge in [-0.2, -0.15) is 11.8 Å². The van der Waals surface area contributed by atoms with E-state index in [0.717, 1.165) is 24.3 Å². The molecule has 0 saturated heterocycles. The summed E-state index contributed by atoms with van der Waals surface area (Å²) in [7, 11) is 0. The van der Waals surface area contributed by atoms with Crippen molar-refractivity contribution < 1.29 is 9.90 Å². The minimum atomic E-state index is -0.387. The Labute approximate surface area is 102 Å². The molecule has 0 heterocycles. The van der Waals surface area contributed by atoms with Gasteiger partial charge >= 0.3 is 0 Å². The number of hydrogen-bond acceptors (Lipinski definition) is 4. The van der Waals surface area contributed by atoms with Crippen LogP contribution in [-0.2, 0) is 4.79 Å². The number of amides is 1. The fraction of sp³-hybridized carbons (Fsp3) is 0.909. The molecule has 0 spiro atoms. The third-order valence-electron chi connectivity index (χ3n) is 2.05. The first-order chi connectivity index (χ1) is 7.57. The van der Waals surface area contributed by atoms with Gasteiger partial charge in [0.1, 0.15) is 0 Å². The van der Waals surface area contributed by atoms with E-state index in [1.165, 1.54) is 0 Å². The Kier molecular flexibility index (Phi) is 9.77. The summed E-state index contributed by atoms with van der Waals surface area (Å²) < 4.78 is 0. The number of carbonyl (C=O) groups is 1. The number of rotatable bonds is 9. The van der Waals surface area contributed by atoms with Crippen LogP contribution < -0.4 is 11.1 Å². The average molecular weight is 248 g/mol. The average Bonchev–Trinajstić information content (AvgIpc) is 2.21. The van der Waals surface area contributed by atoms with Gasteiger partial charge in [0.2, 0.25) is 5.91 Å². The zero-order chi connectivity index (χ0) is 12.4.